The van der Waals surface area contributed by atoms with Crippen LogP contribution in [0.25, 0.3) is 0 Å². The maximum Gasteiger partial charge on any atom is 0.140 e. The van der Waals surface area contributed by atoms with Gasteiger partial charge in [0.25, 0.3) is 0 Å². The number of rotatable bonds is 3. The van der Waals surface area contributed by atoms with Crippen molar-refractivity contribution in [3.63, 3.8) is 0 Å². The molecule has 0 heterocycles. The highest BCUT2D eigenvalue weighted by Crippen LogP contribution is 2.28. The van der Waals surface area contributed by atoms with Gasteiger partial charge in [-0.2, -0.15) is 0 Å². The van der Waals surface area contributed by atoms with E-state index in [1.807, 2.05) is 6.92 Å². The van der Waals surface area contributed by atoms with Gasteiger partial charge in [-0.15, -0.1) is 0 Å². The number of carbonyl (C=O) groups is 1. The largest absolute Gasteiger partial charge is 0.328 e. The summed E-state index contributed by atoms with van der Waals surface area (Å²) >= 11 is 0. The Labute approximate surface area is 67.5 Å². The summed E-state index contributed by atoms with van der Waals surface area (Å²) in [5, 5.41) is 0. The van der Waals surface area contributed by atoms with Gasteiger partial charge in [0.1, 0.15) is 5.78 Å². The van der Waals surface area contributed by atoms with Crippen molar-refractivity contribution < 1.29 is 4.79 Å². The van der Waals surface area contributed by atoms with E-state index in [9.17, 15) is 4.79 Å². The van der Waals surface area contributed by atoms with Gasteiger partial charge in [-0.1, -0.05) is 12.2 Å². The Hall–Kier alpha value is -0.630. The lowest BCUT2D eigenvalue weighted by molar-refractivity contribution is -0.124. The molecule has 2 nitrogen and oxygen atoms in total. The van der Waals surface area contributed by atoms with E-state index in [0.717, 1.165) is 18.4 Å². The number of nitrogens with two attached hydrogens (primary N) is 1. The first-order chi connectivity index (χ1) is 5.09. The molecule has 0 saturated heterocycles. The van der Waals surface area contributed by atoms with Crippen molar-refractivity contribution in [2.24, 2.45) is 11.7 Å². The molecule has 2 N–H and O–H groups in total. The number of ketones is 1. The zero-order valence-corrected chi connectivity index (χ0v) is 6.97. The minimum absolute atomic E-state index is 0.238. The smallest absolute Gasteiger partial charge is 0.140 e. The summed E-state index contributed by atoms with van der Waals surface area (Å²) in [6, 6.07) is 0.272. The molecule has 0 aromatic carbocycles. The Bertz CT molecular complexity index is 180. The molecule has 1 aliphatic carbocycles. The van der Waals surface area contributed by atoms with Gasteiger partial charge in [0.05, 0.1) is 0 Å². The van der Waals surface area contributed by atoms with Crippen LogP contribution in [0.4, 0.5) is 0 Å². The lowest BCUT2D eigenvalue weighted by atomic mass is 9.77. The van der Waals surface area contributed by atoms with Crippen LogP contribution in [-0.2, 0) is 4.79 Å². The van der Waals surface area contributed by atoms with Gasteiger partial charge >= 0.3 is 0 Å². The second-order valence-corrected chi connectivity index (χ2v) is 3.53. The third-order valence-electron chi connectivity index (χ3n) is 2.11. The number of carbonyl (C=O) groups excluding carboxylic acids is 1. The third kappa shape index (κ3) is 2.15. The second kappa shape index (κ2) is 3.18. The van der Waals surface area contributed by atoms with E-state index in [1.54, 1.807) is 0 Å². The molecule has 0 aliphatic heterocycles. The monoisotopic (exact) mass is 153 g/mol. The van der Waals surface area contributed by atoms with Crippen LogP contribution in [0.2, 0.25) is 0 Å². The Morgan fingerprint density at radius 3 is 2.55 bits per heavy atom. The second-order valence-electron chi connectivity index (χ2n) is 3.53. The molecule has 0 radical (unpaired) electrons. The lowest BCUT2D eigenvalue weighted by Crippen LogP contribution is -2.40. The van der Waals surface area contributed by atoms with Gasteiger partial charge in [-0.3, -0.25) is 4.79 Å². The Morgan fingerprint density at radius 1 is 1.64 bits per heavy atom. The molecule has 2 heteroatoms. The zero-order chi connectivity index (χ0) is 8.43. The van der Waals surface area contributed by atoms with Crippen LogP contribution >= 0.6 is 0 Å². The fourth-order valence-corrected chi connectivity index (χ4v) is 1.37. The standard InChI is InChI=1S/C9H15NO/c1-6(2)3-9(11)7-4-8(10)5-7/h7-8H,1,3-5,10H2,2H3. The van der Waals surface area contributed by atoms with E-state index >= 15 is 0 Å². The summed E-state index contributed by atoms with van der Waals surface area (Å²) < 4.78 is 0. The fourth-order valence-electron chi connectivity index (χ4n) is 1.37. The highest BCUT2D eigenvalue weighted by molar-refractivity contribution is 5.83. The minimum Gasteiger partial charge on any atom is -0.328 e. The van der Waals surface area contributed by atoms with E-state index in [-0.39, 0.29) is 12.0 Å². The van der Waals surface area contributed by atoms with Gasteiger partial charge in [-0.05, 0) is 19.8 Å². The SMILES string of the molecule is C=C(C)CC(=O)C1CC(N)C1. The van der Waals surface area contributed by atoms with Crippen molar-refractivity contribution in [2.75, 3.05) is 0 Å². The van der Waals surface area contributed by atoms with Crippen LogP contribution in [0, 0.1) is 5.92 Å². The van der Waals surface area contributed by atoms with Crippen LogP contribution in [0.1, 0.15) is 26.2 Å². The first kappa shape index (κ1) is 8.47. The van der Waals surface area contributed by atoms with Crippen molar-refractivity contribution >= 4 is 5.78 Å². The van der Waals surface area contributed by atoms with Crippen molar-refractivity contribution in [1.29, 1.82) is 0 Å². The maximum absolute atomic E-state index is 11.3. The third-order valence-corrected chi connectivity index (χ3v) is 2.11. The zero-order valence-electron chi connectivity index (χ0n) is 6.97. The predicted octanol–water partition coefficient (Wildman–Crippen LogP) is 1.26. The summed E-state index contributed by atoms with van der Waals surface area (Å²) in [4.78, 5) is 11.3. The van der Waals surface area contributed by atoms with Gasteiger partial charge in [0.2, 0.25) is 0 Å². The van der Waals surface area contributed by atoms with Crippen molar-refractivity contribution in [1.82, 2.24) is 0 Å². The first-order valence-electron chi connectivity index (χ1n) is 4.02. The molecule has 1 aliphatic rings. The van der Waals surface area contributed by atoms with Gasteiger partial charge in [0.15, 0.2) is 0 Å². The molecule has 0 unspecified atom stereocenters. The fraction of sp³-hybridized carbons (Fsp3) is 0.667. The molecule has 0 spiro atoms. The normalized spacial score (nSPS) is 29.3. The highest BCUT2D eigenvalue weighted by atomic mass is 16.1. The van der Waals surface area contributed by atoms with E-state index < -0.39 is 0 Å². The molecule has 0 atom stereocenters. The van der Waals surface area contributed by atoms with Crippen molar-refractivity contribution in [2.45, 2.75) is 32.2 Å². The van der Waals surface area contributed by atoms with E-state index in [2.05, 4.69) is 6.58 Å². The summed E-state index contributed by atoms with van der Waals surface area (Å²) in [5.74, 6) is 0.556. The van der Waals surface area contributed by atoms with E-state index in [0.29, 0.717) is 12.2 Å². The van der Waals surface area contributed by atoms with Crippen LogP contribution < -0.4 is 5.73 Å². The van der Waals surface area contributed by atoms with E-state index in [4.69, 9.17) is 5.73 Å². The van der Waals surface area contributed by atoms with Crippen LogP contribution in [0.15, 0.2) is 12.2 Å². The quantitative estimate of drug-likeness (QED) is 0.620. The molecule has 62 valence electrons. The molecule has 1 saturated carbocycles. The van der Waals surface area contributed by atoms with Crippen LogP contribution in [0.5, 0.6) is 0 Å². The minimum atomic E-state index is 0.238. The van der Waals surface area contributed by atoms with Crippen LogP contribution in [-0.4, -0.2) is 11.8 Å². The van der Waals surface area contributed by atoms with Gasteiger partial charge < -0.3 is 5.73 Å². The molecule has 1 fully saturated rings. The summed E-state index contributed by atoms with van der Waals surface area (Å²) in [7, 11) is 0. The molecular weight excluding hydrogens is 138 g/mol. The Morgan fingerprint density at radius 2 is 2.18 bits per heavy atom. The number of hydrogen-bond acceptors (Lipinski definition) is 2. The number of allylic oxidation sites excluding steroid dienone is 1. The van der Waals surface area contributed by atoms with E-state index in [1.165, 1.54) is 0 Å². The molecule has 11 heavy (non-hydrogen) atoms. The molecule has 1 rings (SSSR count). The predicted molar refractivity (Wildman–Crippen MR) is 45.1 cm³/mol. The molecule has 0 bridgehead atoms. The molecule has 0 amide bonds. The Balaban J connectivity index is 2.27. The molecular formula is C9H15NO. The van der Waals surface area contributed by atoms with Crippen LogP contribution in [0.3, 0.4) is 0 Å². The Kier molecular flexibility index (Phi) is 2.45. The summed E-state index contributed by atoms with van der Waals surface area (Å²) in [6.45, 7) is 5.59. The average molecular weight is 153 g/mol. The van der Waals surface area contributed by atoms with Crippen molar-refractivity contribution in [3.05, 3.63) is 12.2 Å². The van der Waals surface area contributed by atoms with Gasteiger partial charge in [0, 0.05) is 18.4 Å². The first-order valence-corrected chi connectivity index (χ1v) is 4.02. The topological polar surface area (TPSA) is 43.1 Å². The van der Waals surface area contributed by atoms with Crippen molar-refractivity contribution in [3.8, 4) is 0 Å². The summed E-state index contributed by atoms with van der Waals surface area (Å²) in [5.41, 5.74) is 6.52. The van der Waals surface area contributed by atoms with Gasteiger partial charge in [-0.25, -0.2) is 0 Å². The molecule has 0 aromatic heterocycles. The number of Topliss-reactive ketones (excluding diaryl/α,β-unsaturated/α-hetero) is 1. The molecule has 0 aromatic rings. The number of hydrogen-bond donors (Lipinski definition) is 1. The maximum atomic E-state index is 11.3. The average Bonchev–Trinajstić information content (AvgIpc) is 1.79. The highest BCUT2D eigenvalue weighted by Gasteiger charge is 2.31. The lowest BCUT2D eigenvalue weighted by Gasteiger charge is -2.31. The summed E-state index contributed by atoms with van der Waals surface area (Å²) in [6.07, 6.45) is 2.30.